The fraction of sp³-hybridized carbons (Fsp3) is 0.444. The van der Waals surface area contributed by atoms with Gasteiger partial charge >= 0.3 is 11.9 Å². The van der Waals surface area contributed by atoms with Gasteiger partial charge in [0.25, 0.3) is 0 Å². The fourth-order valence-corrected chi connectivity index (χ4v) is 2.53. The van der Waals surface area contributed by atoms with E-state index in [0.29, 0.717) is 18.4 Å². The molecule has 4 heteroatoms. The first-order chi connectivity index (χ1) is 10.3. The Kier molecular flexibility index (Phi) is 6.35. The van der Waals surface area contributed by atoms with Crippen LogP contribution in [0.25, 0.3) is 0 Å². The van der Waals surface area contributed by atoms with E-state index >= 15 is 0 Å². The standard InChI is InChI=1S/C18H24O4/c1-13(16(19)21-4)11-15(14-9-7-6-8-10-14)12-18(2,3)17(20)22-5/h6-10,15H,1,11-12H2,2-5H3. The van der Waals surface area contributed by atoms with E-state index in [1.807, 2.05) is 44.2 Å². The summed E-state index contributed by atoms with van der Waals surface area (Å²) in [4.78, 5) is 23.6. The Hall–Kier alpha value is -2.10. The van der Waals surface area contributed by atoms with Crippen molar-refractivity contribution in [2.45, 2.75) is 32.6 Å². The van der Waals surface area contributed by atoms with Crippen LogP contribution in [-0.2, 0) is 19.1 Å². The Labute approximate surface area is 132 Å². The van der Waals surface area contributed by atoms with Crippen molar-refractivity contribution in [3.63, 3.8) is 0 Å². The van der Waals surface area contributed by atoms with Crippen LogP contribution in [0.15, 0.2) is 42.5 Å². The third kappa shape index (κ3) is 4.72. The number of ether oxygens (including phenoxy) is 2. The molecule has 120 valence electrons. The summed E-state index contributed by atoms with van der Waals surface area (Å²) in [5.74, 6) is -0.698. The van der Waals surface area contributed by atoms with Crippen LogP contribution < -0.4 is 0 Å². The van der Waals surface area contributed by atoms with Gasteiger partial charge in [-0.2, -0.15) is 0 Å². The van der Waals surface area contributed by atoms with E-state index in [-0.39, 0.29) is 11.9 Å². The van der Waals surface area contributed by atoms with Crippen LogP contribution in [-0.4, -0.2) is 26.2 Å². The molecule has 4 nitrogen and oxygen atoms in total. The highest BCUT2D eigenvalue weighted by Gasteiger charge is 2.33. The van der Waals surface area contributed by atoms with Gasteiger partial charge in [0.05, 0.1) is 19.6 Å². The summed E-state index contributed by atoms with van der Waals surface area (Å²) < 4.78 is 9.59. The Morgan fingerprint density at radius 3 is 2.23 bits per heavy atom. The van der Waals surface area contributed by atoms with Crippen molar-refractivity contribution in [1.82, 2.24) is 0 Å². The zero-order valence-corrected chi connectivity index (χ0v) is 13.7. The number of rotatable bonds is 7. The first kappa shape index (κ1) is 18.0. The highest BCUT2D eigenvalue weighted by atomic mass is 16.5. The first-order valence-electron chi connectivity index (χ1n) is 7.21. The van der Waals surface area contributed by atoms with Gasteiger partial charge < -0.3 is 9.47 Å². The summed E-state index contributed by atoms with van der Waals surface area (Å²) >= 11 is 0. The molecule has 0 N–H and O–H groups in total. The lowest BCUT2D eigenvalue weighted by atomic mass is 9.77. The molecule has 0 aromatic heterocycles. The second-order valence-electron chi connectivity index (χ2n) is 5.99. The van der Waals surface area contributed by atoms with E-state index in [2.05, 4.69) is 6.58 Å². The number of hydrogen-bond donors (Lipinski definition) is 0. The highest BCUT2D eigenvalue weighted by Crippen LogP contribution is 2.36. The van der Waals surface area contributed by atoms with Crippen molar-refractivity contribution < 1.29 is 19.1 Å². The van der Waals surface area contributed by atoms with Gasteiger partial charge in [-0.1, -0.05) is 36.9 Å². The van der Waals surface area contributed by atoms with E-state index in [1.165, 1.54) is 14.2 Å². The molecule has 0 aliphatic carbocycles. The molecule has 1 unspecified atom stereocenters. The molecule has 0 aliphatic heterocycles. The number of hydrogen-bond acceptors (Lipinski definition) is 4. The predicted octanol–water partition coefficient (Wildman–Crippen LogP) is 3.48. The molecule has 0 radical (unpaired) electrons. The average Bonchev–Trinajstić information content (AvgIpc) is 2.52. The number of carbonyl (C=O) groups excluding carboxylic acids is 2. The summed E-state index contributed by atoms with van der Waals surface area (Å²) in [5, 5.41) is 0. The second kappa shape index (κ2) is 7.78. The predicted molar refractivity (Wildman–Crippen MR) is 85.4 cm³/mol. The summed E-state index contributed by atoms with van der Waals surface area (Å²) in [7, 11) is 2.72. The number of esters is 2. The van der Waals surface area contributed by atoms with Crippen LogP contribution in [0.4, 0.5) is 0 Å². The van der Waals surface area contributed by atoms with E-state index in [9.17, 15) is 9.59 Å². The number of benzene rings is 1. The van der Waals surface area contributed by atoms with Gasteiger partial charge in [-0.05, 0) is 38.2 Å². The molecule has 0 spiro atoms. The maximum Gasteiger partial charge on any atom is 0.333 e. The van der Waals surface area contributed by atoms with Gasteiger partial charge in [0, 0.05) is 5.57 Å². The molecule has 1 rings (SSSR count). The van der Waals surface area contributed by atoms with Crippen LogP contribution in [0.3, 0.4) is 0 Å². The molecule has 1 atom stereocenters. The minimum absolute atomic E-state index is 0.0121. The van der Waals surface area contributed by atoms with Gasteiger partial charge in [-0.15, -0.1) is 0 Å². The SMILES string of the molecule is C=C(CC(CC(C)(C)C(=O)OC)c1ccccc1)C(=O)OC. The lowest BCUT2D eigenvalue weighted by molar-refractivity contribution is -0.151. The maximum atomic E-state index is 11.9. The average molecular weight is 304 g/mol. The lowest BCUT2D eigenvalue weighted by Crippen LogP contribution is -2.28. The fourth-order valence-electron chi connectivity index (χ4n) is 2.53. The van der Waals surface area contributed by atoms with E-state index in [4.69, 9.17) is 9.47 Å². The lowest BCUT2D eigenvalue weighted by Gasteiger charge is -2.28. The molecule has 0 fully saturated rings. The van der Waals surface area contributed by atoms with Gasteiger partial charge in [-0.3, -0.25) is 4.79 Å². The smallest absolute Gasteiger partial charge is 0.333 e. The second-order valence-corrected chi connectivity index (χ2v) is 5.99. The van der Waals surface area contributed by atoms with Crippen LogP contribution in [0.5, 0.6) is 0 Å². The van der Waals surface area contributed by atoms with E-state index in [0.717, 1.165) is 5.56 Å². The molecular formula is C18H24O4. The van der Waals surface area contributed by atoms with Gasteiger partial charge in [0.1, 0.15) is 0 Å². The Bertz CT molecular complexity index is 531. The summed E-state index contributed by atoms with van der Waals surface area (Å²) in [6.07, 6.45) is 0.997. The van der Waals surface area contributed by atoms with Crippen molar-refractivity contribution in [2.75, 3.05) is 14.2 Å². The van der Waals surface area contributed by atoms with Crippen LogP contribution >= 0.6 is 0 Å². The van der Waals surface area contributed by atoms with Gasteiger partial charge in [0.15, 0.2) is 0 Å². The normalized spacial score (nSPS) is 12.4. The molecular weight excluding hydrogens is 280 g/mol. The van der Waals surface area contributed by atoms with E-state index in [1.54, 1.807) is 0 Å². The van der Waals surface area contributed by atoms with Crippen LogP contribution in [0.2, 0.25) is 0 Å². The largest absolute Gasteiger partial charge is 0.469 e. The van der Waals surface area contributed by atoms with Crippen LogP contribution in [0, 0.1) is 5.41 Å². The quantitative estimate of drug-likeness (QED) is 0.571. The Morgan fingerprint density at radius 2 is 1.73 bits per heavy atom. The van der Waals surface area contributed by atoms with Crippen molar-refractivity contribution >= 4 is 11.9 Å². The zero-order valence-electron chi connectivity index (χ0n) is 13.7. The monoisotopic (exact) mass is 304 g/mol. The van der Waals surface area contributed by atoms with Gasteiger partial charge in [-0.25, -0.2) is 4.79 Å². The summed E-state index contributed by atoms with van der Waals surface area (Å²) in [6.45, 7) is 7.48. The molecule has 0 bridgehead atoms. The minimum atomic E-state index is -0.647. The molecule has 0 amide bonds. The summed E-state index contributed by atoms with van der Waals surface area (Å²) in [5.41, 5.74) is 0.813. The minimum Gasteiger partial charge on any atom is -0.469 e. The molecule has 0 saturated heterocycles. The van der Waals surface area contributed by atoms with Crippen LogP contribution in [0.1, 0.15) is 38.2 Å². The number of methoxy groups -OCH3 is 2. The summed E-state index contributed by atoms with van der Waals surface area (Å²) in [6, 6.07) is 9.79. The van der Waals surface area contributed by atoms with E-state index < -0.39 is 11.4 Å². The van der Waals surface area contributed by atoms with Crippen molar-refractivity contribution in [3.8, 4) is 0 Å². The molecule has 1 aromatic rings. The van der Waals surface area contributed by atoms with Crippen molar-refractivity contribution in [2.24, 2.45) is 5.41 Å². The van der Waals surface area contributed by atoms with Crippen molar-refractivity contribution in [1.29, 1.82) is 0 Å². The first-order valence-corrected chi connectivity index (χ1v) is 7.21. The topological polar surface area (TPSA) is 52.6 Å². The maximum absolute atomic E-state index is 11.9. The Morgan fingerprint density at radius 1 is 1.14 bits per heavy atom. The molecule has 22 heavy (non-hydrogen) atoms. The molecule has 1 aromatic carbocycles. The molecule has 0 aliphatic rings. The van der Waals surface area contributed by atoms with Gasteiger partial charge in [0.2, 0.25) is 0 Å². The zero-order chi connectivity index (χ0) is 16.8. The third-order valence-corrected chi connectivity index (χ3v) is 3.73. The third-order valence-electron chi connectivity index (χ3n) is 3.73. The molecule has 0 saturated carbocycles. The Balaban J connectivity index is 3.00. The number of carbonyl (C=O) groups is 2. The highest BCUT2D eigenvalue weighted by molar-refractivity contribution is 5.87. The van der Waals surface area contributed by atoms with Crippen molar-refractivity contribution in [3.05, 3.63) is 48.0 Å². The molecule has 0 heterocycles.